The van der Waals surface area contributed by atoms with E-state index in [1.165, 1.54) is 27.8 Å². The number of nitrogens with one attached hydrogen (secondary N) is 1. The van der Waals surface area contributed by atoms with Gasteiger partial charge in [0, 0.05) is 19.0 Å². The number of amides is 2. The largest absolute Gasteiger partial charge is 0.358 e. The molecule has 5 heteroatoms. The second-order valence-electron chi connectivity index (χ2n) is 6.44. The third-order valence-corrected chi connectivity index (χ3v) is 4.63. The molecule has 0 radical (unpaired) electrons. The first-order valence-corrected chi connectivity index (χ1v) is 8.32. The molecule has 0 bridgehead atoms. The van der Waals surface area contributed by atoms with Gasteiger partial charge in [-0.2, -0.15) is 0 Å². The quantitative estimate of drug-likeness (QED) is 0.848. The molecule has 1 N–H and O–H groups in total. The van der Waals surface area contributed by atoms with Gasteiger partial charge in [-0.15, -0.1) is 11.8 Å². The first-order valence-electron chi connectivity index (χ1n) is 7.33. The highest BCUT2D eigenvalue weighted by Gasteiger charge is 2.16. The summed E-state index contributed by atoms with van der Waals surface area (Å²) in [6, 6.07) is 6.40. The lowest BCUT2D eigenvalue weighted by Gasteiger charge is -2.21. The normalized spacial score (nSPS) is 11.2. The van der Waals surface area contributed by atoms with Crippen LogP contribution in [0.1, 0.15) is 31.9 Å². The van der Waals surface area contributed by atoms with Gasteiger partial charge in [0.25, 0.3) is 0 Å². The van der Waals surface area contributed by atoms with Crippen LogP contribution in [0.4, 0.5) is 0 Å². The zero-order valence-electron chi connectivity index (χ0n) is 14.3. The summed E-state index contributed by atoms with van der Waals surface area (Å²) in [4.78, 5) is 26.0. The zero-order valence-corrected chi connectivity index (χ0v) is 15.1. The second-order valence-corrected chi connectivity index (χ2v) is 7.46. The van der Waals surface area contributed by atoms with Crippen molar-refractivity contribution in [3.8, 4) is 0 Å². The number of benzene rings is 1. The SMILES string of the molecule is CNC(=O)CN(C)C(=O)CSc1cc(C(C)(C)C)ccc1C. The molecule has 0 spiro atoms. The molecular weight excluding hydrogens is 296 g/mol. The van der Waals surface area contributed by atoms with Crippen LogP contribution < -0.4 is 5.32 Å². The van der Waals surface area contributed by atoms with Crippen LogP contribution in [0.2, 0.25) is 0 Å². The smallest absolute Gasteiger partial charge is 0.239 e. The minimum atomic E-state index is -0.160. The Morgan fingerprint density at radius 3 is 2.45 bits per heavy atom. The van der Waals surface area contributed by atoms with Crippen LogP contribution in [-0.2, 0) is 15.0 Å². The van der Waals surface area contributed by atoms with Crippen LogP contribution in [0.15, 0.2) is 23.1 Å². The van der Waals surface area contributed by atoms with Crippen LogP contribution in [0, 0.1) is 6.92 Å². The molecule has 0 saturated carbocycles. The van der Waals surface area contributed by atoms with E-state index in [-0.39, 0.29) is 23.8 Å². The highest BCUT2D eigenvalue weighted by atomic mass is 32.2. The van der Waals surface area contributed by atoms with E-state index in [0.29, 0.717) is 5.75 Å². The van der Waals surface area contributed by atoms with Crippen molar-refractivity contribution in [2.45, 2.75) is 38.0 Å². The minimum Gasteiger partial charge on any atom is -0.358 e. The number of thioether (sulfide) groups is 1. The molecule has 0 aliphatic heterocycles. The standard InChI is InChI=1S/C17H26N2O2S/c1-12-7-8-13(17(2,3)4)9-14(12)22-11-16(21)19(6)10-15(20)18-5/h7-9H,10-11H2,1-6H3,(H,18,20). The average molecular weight is 322 g/mol. The number of carbonyl (C=O) groups is 2. The van der Waals surface area contributed by atoms with Gasteiger partial charge in [0.15, 0.2) is 0 Å². The molecule has 2 amide bonds. The number of aryl methyl sites for hydroxylation is 1. The van der Waals surface area contributed by atoms with Gasteiger partial charge in [-0.05, 0) is 29.5 Å². The molecule has 0 aliphatic rings. The predicted molar refractivity (Wildman–Crippen MR) is 92.3 cm³/mol. The molecule has 0 unspecified atom stereocenters. The maximum atomic E-state index is 12.1. The highest BCUT2D eigenvalue weighted by molar-refractivity contribution is 8.00. The Labute approximate surface area is 137 Å². The van der Waals surface area contributed by atoms with E-state index in [9.17, 15) is 9.59 Å². The lowest BCUT2D eigenvalue weighted by Crippen LogP contribution is -2.37. The molecule has 1 aromatic carbocycles. The van der Waals surface area contributed by atoms with Gasteiger partial charge in [0.1, 0.15) is 0 Å². The molecule has 122 valence electrons. The summed E-state index contributed by atoms with van der Waals surface area (Å²) >= 11 is 1.53. The van der Waals surface area contributed by atoms with E-state index >= 15 is 0 Å². The van der Waals surface area contributed by atoms with Gasteiger partial charge in [0.05, 0.1) is 12.3 Å². The van der Waals surface area contributed by atoms with E-state index in [2.05, 4.69) is 44.3 Å². The van der Waals surface area contributed by atoms with E-state index in [1.807, 2.05) is 6.92 Å². The Balaban J connectivity index is 2.71. The average Bonchev–Trinajstić information content (AvgIpc) is 2.44. The number of hydrogen-bond acceptors (Lipinski definition) is 3. The molecule has 1 rings (SSSR count). The first kappa shape index (κ1) is 18.6. The molecule has 0 saturated heterocycles. The lowest BCUT2D eigenvalue weighted by atomic mass is 9.87. The first-order chi connectivity index (χ1) is 10.1. The number of nitrogens with zero attached hydrogens (tertiary/aromatic N) is 1. The monoisotopic (exact) mass is 322 g/mol. The van der Waals surface area contributed by atoms with E-state index in [0.717, 1.165) is 4.90 Å². The maximum absolute atomic E-state index is 12.1. The van der Waals surface area contributed by atoms with Gasteiger partial charge in [0.2, 0.25) is 11.8 Å². The molecule has 22 heavy (non-hydrogen) atoms. The molecule has 4 nitrogen and oxygen atoms in total. The van der Waals surface area contributed by atoms with Crippen molar-refractivity contribution >= 4 is 23.6 Å². The Morgan fingerprint density at radius 2 is 1.91 bits per heavy atom. The van der Waals surface area contributed by atoms with Crippen molar-refractivity contribution in [1.82, 2.24) is 10.2 Å². The minimum absolute atomic E-state index is 0.0471. The Hall–Kier alpha value is -1.49. The summed E-state index contributed by atoms with van der Waals surface area (Å²) in [5, 5.41) is 2.52. The van der Waals surface area contributed by atoms with E-state index in [1.54, 1.807) is 14.1 Å². The van der Waals surface area contributed by atoms with Crippen LogP contribution >= 0.6 is 11.8 Å². The van der Waals surface area contributed by atoms with E-state index < -0.39 is 0 Å². The van der Waals surface area contributed by atoms with Gasteiger partial charge >= 0.3 is 0 Å². The molecule has 0 aliphatic carbocycles. The van der Waals surface area contributed by atoms with Gasteiger partial charge in [-0.25, -0.2) is 0 Å². The second kappa shape index (κ2) is 7.68. The molecule has 0 atom stereocenters. The Bertz CT molecular complexity index is 550. The third-order valence-electron chi connectivity index (χ3n) is 3.49. The third kappa shape index (κ3) is 5.37. The highest BCUT2D eigenvalue weighted by Crippen LogP contribution is 2.29. The summed E-state index contributed by atoms with van der Waals surface area (Å²) < 4.78 is 0. The fourth-order valence-electron chi connectivity index (χ4n) is 1.85. The summed E-state index contributed by atoms with van der Waals surface area (Å²) in [7, 11) is 3.22. The van der Waals surface area contributed by atoms with Crippen LogP contribution in [-0.4, -0.2) is 43.1 Å². The number of carbonyl (C=O) groups excluding carboxylic acids is 2. The Morgan fingerprint density at radius 1 is 1.27 bits per heavy atom. The number of hydrogen-bond donors (Lipinski definition) is 1. The van der Waals surface area contributed by atoms with Crippen molar-refractivity contribution in [1.29, 1.82) is 0 Å². The van der Waals surface area contributed by atoms with Crippen LogP contribution in [0.25, 0.3) is 0 Å². The molecule has 1 aromatic rings. The van der Waals surface area contributed by atoms with Gasteiger partial charge < -0.3 is 10.2 Å². The van der Waals surface area contributed by atoms with Crippen molar-refractivity contribution in [2.75, 3.05) is 26.4 Å². The van der Waals surface area contributed by atoms with Crippen molar-refractivity contribution in [3.05, 3.63) is 29.3 Å². The predicted octanol–water partition coefficient (Wildman–Crippen LogP) is 2.59. The topological polar surface area (TPSA) is 49.4 Å². The molecule has 0 aromatic heterocycles. The Kier molecular flexibility index (Phi) is 6.48. The summed E-state index contributed by atoms with van der Waals surface area (Å²) in [5.74, 6) is 0.128. The van der Waals surface area contributed by atoms with Crippen molar-refractivity contribution < 1.29 is 9.59 Å². The molecular formula is C17H26N2O2S. The van der Waals surface area contributed by atoms with Gasteiger partial charge in [-0.3, -0.25) is 9.59 Å². The van der Waals surface area contributed by atoms with Crippen LogP contribution in [0.5, 0.6) is 0 Å². The van der Waals surface area contributed by atoms with Gasteiger partial charge in [-0.1, -0.05) is 32.9 Å². The number of rotatable bonds is 5. The fourth-order valence-corrected chi connectivity index (χ4v) is 2.86. The van der Waals surface area contributed by atoms with Crippen molar-refractivity contribution in [3.63, 3.8) is 0 Å². The fraction of sp³-hybridized carbons (Fsp3) is 0.529. The summed E-state index contributed by atoms with van der Waals surface area (Å²) in [5.41, 5.74) is 2.51. The van der Waals surface area contributed by atoms with Crippen molar-refractivity contribution in [2.24, 2.45) is 0 Å². The van der Waals surface area contributed by atoms with E-state index in [4.69, 9.17) is 0 Å². The van der Waals surface area contributed by atoms with Crippen LogP contribution in [0.3, 0.4) is 0 Å². The number of likely N-dealkylation sites (N-methyl/N-ethyl adjacent to an activating group) is 2. The maximum Gasteiger partial charge on any atom is 0.239 e. The lowest BCUT2D eigenvalue weighted by molar-refractivity contribution is -0.132. The summed E-state index contributed by atoms with van der Waals surface area (Å²) in [6.45, 7) is 8.67. The zero-order chi connectivity index (χ0) is 16.9. The molecule has 0 fully saturated rings. The summed E-state index contributed by atoms with van der Waals surface area (Å²) in [6.07, 6.45) is 0. The molecule has 0 heterocycles.